The van der Waals surface area contributed by atoms with Crippen molar-refractivity contribution in [2.24, 2.45) is 0 Å². The van der Waals surface area contributed by atoms with E-state index >= 15 is 0 Å². The van der Waals surface area contributed by atoms with Gasteiger partial charge in [-0.2, -0.15) is 0 Å². The second kappa shape index (κ2) is 12.8. The largest absolute Gasteiger partial charge is 0.518 e. The number of unbranched alkanes of at least 4 members (excludes halogenated alkanes) is 2. The predicted octanol–water partition coefficient (Wildman–Crippen LogP) is 7.29. The van der Waals surface area contributed by atoms with E-state index in [0.717, 1.165) is 6.42 Å². The lowest BCUT2D eigenvalue weighted by Gasteiger charge is -2.44. The molecule has 2 aliphatic rings. The lowest BCUT2D eigenvalue weighted by molar-refractivity contribution is -0.140. The van der Waals surface area contributed by atoms with Gasteiger partial charge in [0.15, 0.2) is 0 Å². The molecular formula is C24H47O4Si2. The molecule has 0 saturated heterocycles. The lowest BCUT2D eigenvalue weighted by Crippen LogP contribution is -2.52. The van der Waals surface area contributed by atoms with Crippen LogP contribution in [0.15, 0.2) is 0 Å². The van der Waals surface area contributed by atoms with Crippen LogP contribution in [-0.4, -0.2) is 36.8 Å². The summed E-state index contributed by atoms with van der Waals surface area (Å²) in [5.41, 5.74) is 1.33. The van der Waals surface area contributed by atoms with Crippen LogP contribution in [0, 0.1) is 0 Å². The van der Waals surface area contributed by atoms with Crippen molar-refractivity contribution >= 4 is 23.6 Å². The molecule has 0 aromatic heterocycles. The quantitative estimate of drug-likeness (QED) is 0.204. The van der Waals surface area contributed by atoms with Gasteiger partial charge in [-0.15, -0.1) is 0 Å². The van der Waals surface area contributed by atoms with Gasteiger partial charge in [0.25, 0.3) is 14.3 Å². The van der Waals surface area contributed by atoms with Gasteiger partial charge in [-0.3, -0.25) is 4.79 Å². The molecule has 1 radical (unpaired) electrons. The molecule has 2 rings (SSSR count). The highest BCUT2D eigenvalue weighted by Gasteiger charge is 2.56. The summed E-state index contributed by atoms with van der Waals surface area (Å²) in [5.74, 6) is 0.00255. The Morgan fingerprint density at radius 3 is 1.80 bits per heavy atom. The summed E-state index contributed by atoms with van der Waals surface area (Å²) in [6.07, 6.45) is 14.8. The first-order valence-electron chi connectivity index (χ1n) is 12.8. The van der Waals surface area contributed by atoms with E-state index in [1.165, 1.54) is 76.7 Å². The van der Waals surface area contributed by atoms with Gasteiger partial charge in [-0.25, -0.2) is 0 Å². The molecule has 0 aliphatic heterocycles. The molecule has 4 nitrogen and oxygen atoms in total. The summed E-state index contributed by atoms with van der Waals surface area (Å²) in [6, 6.07) is 1.17. The Hall–Kier alpha value is -0.176. The van der Waals surface area contributed by atoms with Gasteiger partial charge >= 0.3 is 9.28 Å². The first-order valence-corrected chi connectivity index (χ1v) is 16.4. The highest BCUT2D eigenvalue weighted by atomic mass is 28.4. The van der Waals surface area contributed by atoms with Crippen molar-refractivity contribution in [3.05, 3.63) is 0 Å². The summed E-state index contributed by atoms with van der Waals surface area (Å²) >= 11 is 0. The van der Waals surface area contributed by atoms with Crippen molar-refractivity contribution < 1.29 is 18.1 Å². The van der Waals surface area contributed by atoms with Gasteiger partial charge in [0, 0.05) is 13.2 Å². The molecule has 1 atom stereocenters. The van der Waals surface area contributed by atoms with Crippen LogP contribution in [0.2, 0.25) is 22.2 Å². The summed E-state index contributed by atoms with van der Waals surface area (Å²) in [7, 11) is -3.92. The maximum absolute atomic E-state index is 13.9. The highest BCUT2D eigenvalue weighted by molar-refractivity contribution is 6.78. The topological polar surface area (TPSA) is 44.8 Å². The summed E-state index contributed by atoms with van der Waals surface area (Å²) in [6.45, 7) is 11.6. The zero-order chi connectivity index (χ0) is 22.0. The van der Waals surface area contributed by atoms with Crippen LogP contribution in [0.4, 0.5) is 0 Å². The first-order chi connectivity index (χ1) is 14.5. The average molecular weight is 456 g/mol. The fourth-order valence-electron chi connectivity index (χ4n) is 5.72. The molecule has 2 fully saturated rings. The smallest absolute Gasteiger partial charge is 0.402 e. The number of hydrogen-bond donors (Lipinski definition) is 0. The van der Waals surface area contributed by atoms with Gasteiger partial charge in [0.1, 0.15) is 5.04 Å². The number of carbonyl (C=O) groups is 1. The third kappa shape index (κ3) is 5.99. The molecule has 2 aliphatic carbocycles. The van der Waals surface area contributed by atoms with Crippen LogP contribution in [0.1, 0.15) is 112 Å². The van der Waals surface area contributed by atoms with Crippen LogP contribution in [0.3, 0.4) is 0 Å². The first kappa shape index (κ1) is 26.1. The molecule has 30 heavy (non-hydrogen) atoms. The van der Waals surface area contributed by atoms with E-state index in [1.54, 1.807) is 0 Å². The summed E-state index contributed by atoms with van der Waals surface area (Å²) in [4.78, 5) is 13.9. The summed E-state index contributed by atoms with van der Waals surface area (Å²) in [5, 5.41) is -0.642. The molecule has 0 aromatic carbocycles. The van der Waals surface area contributed by atoms with Crippen LogP contribution >= 0.6 is 0 Å². The van der Waals surface area contributed by atoms with Gasteiger partial charge in [0.05, 0.1) is 0 Å². The van der Waals surface area contributed by atoms with Gasteiger partial charge in [0.2, 0.25) is 0 Å². The van der Waals surface area contributed by atoms with E-state index in [0.29, 0.717) is 24.3 Å². The third-order valence-corrected chi connectivity index (χ3v) is 15.9. The van der Waals surface area contributed by atoms with E-state index in [1.807, 2.05) is 20.8 Å². The van der Waals surface area contributed by atoms with E-state index in [-0.39, 0.29) is 5.97 Å². The second-order valence-corrected chi connectivity index (χ2v) is 16.1. The Balaban J connectivity index is 2.34. The minimum absolute atomic E-state index is 0.00255. The zero-order valence-corrected chi connectivity index (χ0v) is 22.4. The normalized spacial score (nSPS) is 20.7. The van der Waals surface area contributed by atoms with Gasteiger partial charge in [-0.1, -0.05) is 58.8 Å². The van der Waals surface area contributed by atoms with Crippen LogP contribution in [0.25, 0.3) is 0 Å². The molecule has 0 amide bonds. The molecule has 2 saturated carbocycles. The molecule has 0 spiro atoms. The number of rotatable bonds is 14. The standard InChI is InChI=1S/C24H47O4Si2/c1-6-10-15-20-30(21-16-11-12-17-21,22-18-13-14-19-22)28-23(25)24(5,7-2)29(26-8-3)27-9-4/h21-22H,6-20H2,1-5H3. The van der Waals surface area contributed by atoms with E-state index in [9.17, 15) is 4.79 Å². The van der Waals surface area contributed by atoms with E-state index in [2.05, 4.69) is 13.8 Å². The Kier molecular flexibility index (Phi) is 11.1. The van der Waals surface area contributed by atoms with Crippen molar-refractivity contribution in [1.29, 1.82) is 0 Å². The van der Waals surface area contributed by atoms with Crippen LogP contribution in [0.5, 0.6) is 0 Å². The Bertz CT molecular complexity index is 481. The molecular weight excluding hydrogens is 408 g/mol. The lowest BCUT2D eigenvalue weighted by atomic mass is 10.1. The van der Waals surface area contributed by atoms with Crippen LogP contribution < -0.4 is 0 Å². The van der Waals surface area contributed by atoms with Crippen molar-refractivity contribution in [2.75, 3.05) is 13.2 Å². The predicted molar refractivity (Wildman–Crippen MR) is 128 cm³/mol. The Morgan fingerprint density at radius 2 is 1.40 bits per heavy atom. The van der Waals surface area contributed by atoms with Crippen molar-refractivity contribution in [3.63, 3.8) is 0 Å². The SMILES string of the molecule is CCCCC[Si](OC(=O)C(C)(CC)[Si](OCC)OCC)(C1CCCC1)C1CCCC1. The maximum Gasteiger partial charge on any atom is 0.402 e. The second-order valence-electron chi connectivity index (χ2n) is 9.60. The van der Waals surface area contributed by atoms with Gasteiger partial charge in [-0.05, 0) is 70.0 Å². The number of hydrogen-bond acceptors (Lipinski definition) is 4. The molecule has 0 heterocycles. The van der Waals surface area contributed by atoms with Crippen LogP contribution in [-0.2, 0) is 18.1 Å². The zero-order valence-electron chi connectivity index (χ0n) is 20.4. The minimum Gasteiger partial charge on any atom is -0.518 e. The molecule has 175 valence electrons. The van der Waals surface area contributed by atoms with Crippen molar-refractivity contribution in [1.82, 2.24) is 0 Å². The van der Waals surface area contributed by atoms with E-state index < -0.39 is 22.6 Å². The molecule has 0 aromatic rings. The van der Waals surface area contributed by atoms with Crippen molar-refractivity contribution in [2.45, 2.75) is 134 Å². The molecule has 1 unspecified atom stereocenters. The number of carbonyl (C=O) groups excluding carboxylic acids is 1. The highest BCUT2D eigenvalue weighted by Crippen LogP contribution is 2.54. The molecule has 6 heteroatoms. The monoisotopic (exact) mass is 455 g/mol. The average Bonchev–Trinajstić information content (AvgIpc) is 3.47. The maximum atomic E-state index is 13.9. The van der Waals surface area contributed by atoms with Crippen molar-refractivity contribution in [3.8, 4) is 0 Å². The fourth-order valence-corrected chi connectivity index (χ4v) is 13.6. The fraction of sp³-hybridized carbons (Fsp3) is 0.958. The van der Waals surface area contributed by atoms with E-state index in [4.69, 9.17) is 13.3 Å². The Morgan fingerprint density at radius 1 is 0.900 bits per heavy atom. The molecule has 0 N–H and O–H groups in total. The Labute approximate surface area is 188 Å². The summed E-state index contributed by atoms with van der Waals surface area (Å²) < 4.78 is 19.0. The molecule has 0 bridgehead atoms. The third-order valence-electron chi connectivity index (χ3n) is 7.71. The van der Waals surface area contributed by atoms with Gasteiger partial charge < -0.3 is 13.3 Å². The minimum atomic E-state index is -2.19.